The Bertz CT molecular complexity index is 1500. The van der Waals surface area contributed by atoms with Gasteiger partial charge in [0.2, 0.25) is 5.91 Å². The van der Waals surface area contributed by atoms with Crippen molar-refractivity contribution in [3.63, 3.8) is 0 Å². The number of nitrogens with one attached hydrogen (secondary N) is 1. The molecule has 8 heteroatoms. The Morgan fingerprint density at radius 3 is 2.53 bits per heavy atom. The quantitative estimate of drug-likeness (QED) is 0.496. The molecule has 1 aliphatic heterocycles. The van der Waals surface area contributed by atoms with E-state index in [4.69, 9.17) is 0 Å². The van der Waals surface area contributed by atoms with E-state index in [2.05, 4.69) is 15.2 Å². The summed E-state index contributed by atoms with van der Waals surface area (Å²) in [7, 11) is 0. The molecule has 174 valence electrons. The van der Waals surface area contributed by atoms with Gasteiger partial charge in [-0.15, -0.1) is 0 Å². The molecule has 1 fully saturated rings. The van der Waals surface area contributed by atoms with E-state index in [1.807, 2.05) is 18.2 Å². The van der Waals surface area contributed by atoms with Gasteiger partial charge in [0.15, 0.2) is 0 Å². The summed E-state index contributed by atoms with van der Waals surface area (Å²) in [6, 6.07) is 12.8. The summed E-state index contributed by atoms with van der Waals surface area (Å²) in [6.45, 7) is 3.82. The lowest BCUT2D eigenvalue weighted by molar-refractivity contribution is -0.116. The maximum Gasteiger partial charge on any atom is 0.331 e. The normalized spacial score (nSPS) is 14.0. The van der Waals surface area contributed by atoms with E-state index >= 15 is 0 Å². The lowest BCUT2D eigenvalue weighted by Gasteiger charge is -2.30. The highest BCUT2D eigenvalue weighted by atomic mass is 16.2. The van der Waals surface area contributed by atoms with Gasteiger partial charge in [0.1, 0.15) is 6.54 Å². The first-order valence-electron chi connectivity index (χ1n) is 11.7. The first-order valence-corrected chi connectivity index (χ1v) is 11.7. The van der Waals surface area contributed by atoms with Crippen molar-refractivity contribution in [2.45, 2.75) is 39.3 Å². The molecule has 34 heavy (non-hydrogen) atoms. The van der Waals surface area contributed by atoms with Crippen molar-refractivity contribution < 1.29 is 4.79 Å². The van der Waals surface area contributed by atoms with Gasteiger partial charge in [-0.05, 0) is 56.5 Å². The molecule has 8 nitrogen and oxygen atoms in total. The number of aromatic nitrogens is 3. The third-order valence-corrected chi connectivity index (χ3v) is 6.52. The van der Waals surface area contributed by atoms with Crippen LogP contribution in [0.1, 0.15) is 26.2 Å². The van der Waals surface area contributed by atoms with Crippen LogP contribution in [0.5, 0.6) is 0 Å². The second-order valence-corrected chi connectivity index (χ2v) is 8.58. The third-order valence-electron chi connectivity index (χ3n) is 6.52. The number of rotatable bonds is 5. The minimum absolute atomic E-state index is 0.199. The van der Waals surface area contributed by atoms with Crippen LogP contribution in [0.4, 0.5) is 11.4 Å². The average Bonchev–Trinajstić information content (AvgIpc) is 2.87. The topological polar surface area (TPSA) is 89.2 Å². The SMILES string of the molecule is CCn1c(=O)c2ccccc2n(CC(=O)Nc2ccc(N3CCCCC3)c3ccncc23)c1=O. The van der Waals surface area contributed by atoms with E-state index in [9.17, 15) is 14.4 Å². The number of anilines is 2. The van der Waals surface area contributed by atoms with E-state index in [0.29, 0.717) is 16.6 Å². The zero-order valence-electron chi connectivity index (χ0n) is 19.2. The summed E-state index contributed by atoms with van der Waals surface area (Å²) in [5, 5.41) is 5.27. The summed E-state index contributed by atoms with van der Waals surface area (Å²) in [6.07, 6.45) is 7.13. The van der Waals surface area contributed by atoms with Crippen LogP contribution in [0.15, 0.2) is 64.4 Å². The molecule has 1 saturated heterocycles. The fourth-order valence-electron chi connectivity index (χ4n) is 4.83. The molecular weight excluding hydrogens is 430 g/mol. The fourth-order valence-corrected chi connectivity index (χ4v) is 4.83. The molecule has 0 atom stereocenters. The minimum atomic E-state index is -0.492. The standard InChI is InChI=1S/C26H27N5O3/c1-2-30-25(33)19-8-4-5-9-23(19)31(26(30)34)17-24(32)28-21-10-11-22(29-14-6-3-7-15-29)18-12-13-27-16-20(18)21/h4-5,8-13,16H,2-3,6-7,14-15,17H2,1H3,(H,28,32). The Hall–Kier alpha value is -3.94. The number of nitrogens with zero attached hydrogens (tertiary/aromatic N) is 4. The largest absolute Gasteiger partial charge is 0.371 e. The number of carbonyl (C=O) groups is 1. The van der Waals surface area contributed by atoms with E-state index in [0.717, 1.165) is 34.1 Å². The molecule has 4 aromatic rings. The van der Waals surface area contributed by atoms with Gasteiger partial charge in [0.05, 0.1) is 16.6 Å². The van der Waals surface area contributed by atoms with Crippen molar-refractivity contribution in [2.24, 2.45) is 0 Å². The molecule has 0 saturated carbocycles. The maximum absolute atomic E-state index is 13.1. The van der Waals surface area contributed by atoms with E-state index in [1.165, 1.54) is 23.8 Å². The van der Waals surface area contributed by atoms with Crippen LogP contribution in [0, 0.1) is 0 Å². The molecule has 2 aromatic heterocycles. The van der Waals surface area contributed by atoms with Crippen LogP contribution >= 0.6 is 0 Å². The Morgan fingerprint density at radius 2 is 1.74 bits per heavy atom. The van der Waals surface area contributed by atoms with Gasteiger partial charge in [-0.2, -0.15) is 0 Å². The average molecular weight is 458 g/mol. The number of piperidine rings is 1. The lowest BCUT2D eigenvalue weighted by atomic mass is 10.1. The number of pyridine rings is 1. The van der Waals surface area contributed by atoms with Gasteiger partial charge in [-0.1, -0.05) is 12.1 Å². The number of para-hydroxylation sites is 1. The van der Waals surface area contributed by atoms with E-state index < -0.39 is 5.69 Å². The first kappa shape index (κ1) is 21.9. The summed E-state index contributed by atoms with van der Waals surface area (Å²) in [5.41, 5.74) is 1.41. The van der Waals surface area contributed by atoms with Gasteiger partial charge in [0.25, 0.3) is 5.56 Å². The zero-order valence-corrected chi connectivity index (χ0v) is 19.2. The summed E-state index contributed by atoms with van der Waals surface area (Å²) >= 11 is 0. The highest BCUT2D eigenvalue weighted by Gasteiger charge is 2.18. The molecule has 1 aliphatic rings. The molecule has 0 radical (unpaired) electrons. The Kier molecular flexibility index (Phi) is 5.88. The van der Waals surface area contributed by atoms with Crippen LogP contribution < -0.4 is 21.5 Å². The second-order valence-electron chi connectivity index (χ2n) is 8.58. The molecule has 1 amide bonds. The van der Waals surface area contributed by atoms with Gasteiger partial charge in [-0.3, -0.25) is 23.7 Å². The zero-order chi connectivity index (χ0) is 23.7. The predicted molar refractivity (Wildman–Crippen MR) is 135 cm³/mol. The molecule has 5 rings (SSSR count). The molecule has 2 aromatic carbocycles. The fraction of sp³-hybridized carbons (Fsp3) is 0.308. The minimum Gasteiger partial charge on any atom is -0.371 e. The van der Waals surface area contributed by atoms with Crippen LogP contribution in [0.25, 0.3) is 21.7 Å². The van der Waals surface area contributed by atoms with Crippen LogP contribution in [0.3, 0.4) is 0 Å². The second kappa shape index (κ2) is 9.13. The van der Waals surface area contributed by atoms with E-state index in [-0.39, 0.29) is 24.6 Å². The van der Waals surface area contributed by atoms with Gasteiger partial charge in [-0.25, -0.2) is 4.79 Å². The van der Waals surface area contributed by atoms with Crippen LogP contribution in [-0.2, 0) is 17.9 Å². The number of amides is 1. The molecule has 1 N–H and O–H groups in total. The van der Waals surface area contributed by atoms with Crippen molar-refractivity contribution in [3.8, 4) is 0 Å². The predicted octanol–water partition coefficient (Wildman–Crippen LogP) is 3.36. The highest BCUT2D eigenvalue weighted by Crippen LogP contribution is 2.33. The van der Waals surface area contributed by atoms with Crippen molar-refractivity contribution in [2.75, 3.05) is 23.3 Å². The molecule has 0 aliphatic carbocycles. The lowest BCUT2D eigenvalue weighted by Crippen LogP contribution is -2.41. The Balaban J connectivity index is 1.50. The van der Waals surface area contributed by atoms with Gasteiger partial charge in [0, 0.05) is 48.5 Å². The Labute approximate surface area is 196 Å². The summed E-state index contributed by atoms with van der Waals surface area (Å²) in [5.74, 6) is -0.343. The van der Waals surface area contributed by atoms with Crippen molar-refractivity contribution in [1.29, 1.82) is 0 Å². The number of benzene rings is 2. The van der Waals surface area contributed by atoms with Gasteiger partial charge >= 0.3 is 5.69 Å². The monoisotopic (exact) mass is 457 g/mol. The molecular formula is C26H27N5O3. The molecule has 3 heterocycles. The Morgan fingerprint density at radius 1 is 0.941 bits per heavy atom. The molecule has 0 bridgehead atoms. The summed E-state index contributed by atoms with van der Waals surface area (Å²) < 4.78 is 2.51. The van der Waals surface area contributed by atoms with Crippen LogP contribution in [-0.4, -0.2) is 33.1 Å². The smallest absolute Gasteiger partial charge is 0.331 e. The number of hydrogen-bond donors (Lipinski definition) is 1. The third kappa shape index (κ3) is 3.85. The molecule has 0 spiro atoms. The number of carbonyl (C=O) groups excluding carboxylic acids is 1. The van der Waals surface area contributed by atoms with Crippen molar-refractivity contribution in [1.82, 2.24) is 14.1 Å². The number of fused-ring (bicyclic) bond motifs is 2. The van der Waals surface area contributed by atoms with Gasteiger partial charge < -0.3 is 10.2 Å². The van der Waals surface area contributed by atoms with Crippen molar-refractivity contribution >= 4 is 39.0 Å². The van der Waals surface area contributed by atoms with Crippen LogP contribution in [0.2, 0.25) is 0 Å². The van der Waals surface area contributed by atoms with E-state index in [1.54, 1.807) is 43.6 Å². The maximum atomic E-state index is 13.1. The highest BCUT2D eigenvalue weighted by molar-refractivity contribution is 6.06. The summed E-state index contributed by atoms with van der Waals surface area (Å²) in [4.78, 5) is 45.4. The van der Waals surface area contributed by atoms with Crippen molar-refractivity contribution in [3.05, 3.63) is 75.7 Å². The number of hydrogen-bond acceptors (Lipinski definition) is 5. The molecule has 0 unspecified atom stereocenters. The first-order chi connectivity index (χ1) is 16.6.